The highest BCUT2D eigenvalue weighted by Gasteiger charge is 2.40. The van der Waals surface area contributed by atoms with Gasteiger partial charge in [0.1, 0.15) is 0 Å². The Hall–Kier alpha value is -1.50. The van der Waals surface area contributed by atoms with E-state index in [1.165, 1.54) is 0 Å². The first-order valence-corrected chi connectivity index (χ1v) is 8.05. The van der Waals surface area contributed by atoms with Crippen LogP contribution in [0.5, 0.6) is 11.5 Å². The van der Waals surface area contributed by atoms with E-state index in [2.05, 4.69) is 10.6 Å². The van der Waals surface area contributed by atoms with Gasteiger partial charge >= 0.3 is 0 Å². The Labute approximate surface area is 148 Å². The standard InChI is InChI=1S/C17H24N2O4.ClH/c1-12(13-3-4-14-15(9-13)23-11-22-14)19-16(20)17(10-21-2)5-7-18-8-6-17;/h3-4,9,12,18H,5-8,10-11H2,1-2H3,(H,19,20);1H. The fraction of sp³-hybridized carbons (Fsp3) is 0.588. The van der Waals surface area contributed by atoms with Gasteiger partial charge in [0.05, 0.1) is 18.1 Å². The minimum absolute atomic E-state index is 0. The van der Waals surface area contributed by atoms with Crippen LogP contribution in [0.2, 0.25) is 0 Å². The highest BCUT2D eigenvalue weighted by atomic mass is 35.5. The zero-order chi connectivity index (χ0) is 16.3. The van der Waals surface area contributed by atoms with Gasteiger partial charge in [-0.15, -0.1) is 12.4 Å². The second-order valence-electron chi connectivity index (χ2n) is 6.27. The highest BCUT2D eigenvalue weighted by molar-refractivity contribution is 5.85. The van der Waals surface area contributed by atoms with Gasteiger partial charge in [-0.05, 0) is 50.6 Å². The summed E-state index contributed by atoms with van der Waals surface area (Å²) >= 11 is 0. The highest BCUT2D eigenvalue weighted by Crippen LogP contribution is 2.35. The molecule has 2 aliphatic heterocycles. The second kappa shape index (κ2) is 8.05. The molecule has 1 aromatic carbocycles. The van der Waals surface area contributed by atoms with Crippen molar-refractivity contribution >= 4 is 18.3 Å². The van der Waals surface area contributed by atoms with Crippen molar-refractivity contribution in [3.05, 3.63) is 23.8 Å². The Morgan fingerprint density at radius 1 is 1.33 bits per heavy atom. The van der Waals surface area contributed by atoms with E-state index in [9.17, 15) is 4.79 Å². The lowest BCUT2D eigenvalue weighted by atomic mass is 9.78. The van der Waals surface area contributed by atoms with Crippen LogP contribution in [-0.4, -0.2) is 39.5 Å². The molecule has 0 saturated carbocycles. The van der Waals surface area contributed by atoms with Gasteiger partial charge < -0.3 is 24.8 Å². The van der Waals surface area contributed by atoms with E-state index < -0.39 is 5.41 Å². The third-order valence-electron chi connectivity index (χ3n) is 4.71. The molecule has 3 rings (SSSR count). The molecule has 2 heterocycles. The first kappa shape index (κ1) is 18.8. The molecule has 7 heteroatoms. The molecule has 0 spiro atoms. The third kappa shape index (κ3) is 3.77. The summed E-state index contributed by atoms with van der Waals surface area (Å²) in [6, 6.07) is 5.68. The topological polar surface area (TPSA) is 68.8 Å². The molecular weight excluding hydrogens is 332 g/mol. The van der Waals surface area contributed by atoms with Crippen LogP contribution in [0.3, 0.4) is 0 Å². The average molecular weight is 357 g/mol. The number of fused-ring (bicyclic) bond motifs is 1. The number of benzene rings is 1. The number of hydrogen-bond donors (Lipinski definition) is 2. The maximum absolute atomic E-state index is 12.9. The molecule has 1 aromatic rings. The van der Waals surface area contributed by atoms with Gasteiger partial charge in [-0.3, -0.25) is 4.79 Å². The predicted octanol–water partition coefficient (Wildman–Crippen LogP) is 2.03. The summed E-state index contributed by atoms with van der Waals surface area (Å²) < 4.78 is 16.1. The number of piperidine rings is 1. The molecule has 0 radical (unpaired) electrons. The van der Waals surface area contributed by atoms with Gasteiger partial charge in [-0.25, -0.2) is 0 Å². The van der Waals surface area contributed by atoms with Crippen LogP contribution in [0.25, 0.3) is 0 Å². The number of carbonyl (C=O) groups is 1. The molecule has 1 saturated heterocycles. The summed E-state index contributed by atoms with van der Waals surface area (Å²) in [6.07, 6.45) is 1.58. The number of methoxy groups -OCH3 is 1. The van der Waals surface area contributed by atoms with Crippen LogP contribution in [0.4, 0.5) is 0 Å². The van der Waals surface area contributed by atoms with E-state index in [-0.39, 0.29) is 31.1 Å². The van der Waals surface area contributed by atoms with Crippen LogP contribution in [0.1, 0.15) is 31.4 Å². The van der Waals surface area contributed by atoms with Gasteiger partial charge in [0.25, 0.3) is 0 Å². The zero-order valence-corrected chi connectivity index (χ0v) is 14.9. The van der Waals surface area contributed by atoms with E-state index in [1.807, 2.05) is 25.1 Å². The van der Waals surface area contributed by atoms with Crippen molar-refractivity contribution in [3.63, 3.8) is 0 Å². The van der Waals surface area contributed by atoms with Gasteiger partial charge in [0, 0.05) is 7.11 Å². The van der Waals surface area contributed by atoms with Crippen molar-refractivity contribution in [1.82, 2.24) is 10.6 Å². The number of halogens is 1. The molecular formula is C17H25ClN2O4. The Kier molecular flexibility index (Phi) is 6.32. The number of nitrogens with one attached hydrogen (secondary N) is 2. The van der Waals surface area contributed by atoms with Crippen LogP contribution in [0, 0.1) is 5.41 Å². The van der Waals surface area contributed by atoms with Crippen LogP contribution >= 0.6 is 12.4 Å². The smallest absolute Gasteiger partial charge is 0.231 e. The van der Waals surface area contributed by atoms with E-state index in [4.69, 9.17) is 14.2 Å². The van der Waals surface area contributed by atoms with Crippen LogP contribution in [0.15, 0.2) is 18.2 Å². The summed E-state index contributed by atoms with van der Waals surface area (Å²) in [5, 5.41) is 6.44. The summed E-state index contributed by atoms with van der Waals surface area (Å²) in [5.74, 6) is 1.55. The SMILES string of the molecule is COCC1(C(=O)NC(C)c2ccc3c(c2)OCO3)CCNCC1.Cl. The van der Waals surface area contributed by atoms with Gasteiger partial charge in [0.15, 0.2) is 11.5 Å². The molecule has 1 fully saturated rings. The molecule has 0 aromatic heterocycles. The summed E-state index contributed by atoms with van der Waals surface area (Å²) in [5.41, 5.74) is 0.564. The minimum Gasteiger partial charge on any atom is -0.454 e. The van der Waals surface area contributed by atoms with Crippen LogP contribution in [-0.2, 0) is 9.53 Å². The van der Waals surface area contributed by atoms with Crippen molar-refractivity contribution in [2.24, 2.45) is 5.41 Å². The fourth-order valence-electron chi connectivity index (χ4n) is 3.23. The molecule has 2 N–H and O–H groups in total. The minimum atomic E-state index is -0.440. The fourth-order valence-corrected chi connectivity index (χ4v) is 3.23. The first-order chi connectivity index (χ1) is 11.1. The van der Waals surface area contributed by atoms with Crippen molar-refractivity contribution in [2.45, 2.75) is 25.8 Å². The van der Waals surface area contributed by atoms with E-state index in [0.29, 0.717) is 6.61 Å². The number of amides is 1. The lowest BCUT2D eigenvalue weighted by Crippen LogP contribution is -2.50. The predicted molar refractivity (Wildman–Crippen MR) is 92.8 cm³/mol. The molecule has 0 bridgehead atoms. The van der Waals surface area contributed by atoms with E-state index >= 15 is 0 Å². The van der Waals surface area contributed by atoms with Crippen molar-refractivity contribution < 1.29 is 19.0 Å². The third-order valence-corrected chi connectivity index (χ3v) is 4.71. The largest absolute Gasteiger partial charge is 0.454 e. The van der Waals surface area contributed by atoms with E-state index in [1.54, 1.807) is 7.11 Å². The van der Waals surface area contributed by atoms with Gasteiger partial charge in [-0.1, -0.05) is 6.07 Å². The number of hydrogen-bond acceptors (Lipinski definition) is 5. The summed E-state index contributed by atoms with van der Waals surface area (Å²) in [4.78, 5) is 12.9. The monoisotopic (exact) mass is 356 g/mol. The van der Waals surface area contributed by atoms with Crippen molar-refractivity contribution in [3.8, 4) is 11.5 Å². The zero-order valence-electron chi connectivity index (χ0n) is 14.1. The Morgan fingerprint density at radius 2 is 2.04 bits per heavy atom. The summed E-state index contributed by atoms with van der Waals surface area (Å²) in [7, 11) is 1.65. The molecule has 6 nitrogen and oxygen atoms in total. The second-order valence-corrected chi connectivity index (χ2v) is 6.27. The Bertz CT molecular complexity index is 570. The average Bonchev–Trinajstić information content (AvgIpc) is 3.03. The molecule has 134 valence electrons. The molecule has 0 aliphatic carbocycles. The van der Waals surface area contributed by atoms with Gasteiger partial charge in [0.2, 0.25) is 12.7 Å². The summed E-state index contributed by atoms with van der Waals surface area (Å²) in [6.45, 7) is 4.37. The normalized spacial score (nSPS) is 19.2. The maximum Gasteiger partial charge on any atom is 0.231 e. The maximum atomic E-state index is 12.9. The molecule has 2 aliphatic rings. The lowest BCUT2D eigenvalue weighted by molar-refractivity contribution is -0.136. The molecule has 1 atom stereocenters. The Balaban J connectivity index is 0.00000208. The lowest BCUT2D eigenvalue weighted by Gasteiger charge is -2.36. The first-order valence-electron chi connectivity index (χ1n) is 8.05. The van der Waals surface area contributed by atoms with Crippen molar-refractivity contribution in [2.75, 3.05) is 33.6 Å². The van der Waals surface area contributed by atoms with Crippen LogP contribution < -0.4 is 20.1 Å². The van der Waals surface area contributed by atoms with Gasteiger partial charge in [-0.2, -0.15) is 0 Å². The number of carbonyl (C=O) groups excluding carboxylic acids is 1. The number of ether oxygens (including phenoxy) is 3. The van der Waals surface area contributed by atoms with E-state index in [0.717, 1.165) is 43.0 Å². The molecule has 1 unspecified atom stereocenters. The molecule has 1 amide bonds. The number of rotatable bonds is 5. The molecule has 24 heavy (non-hydrogen) atoms. The Morgan fingerprint density at radius 3 is 2.75 bits per heavy atom. The van der Waals surface area contributed by atoms with Crippen molar-refractivity contribution in [1.29, 1.82) is 0 Å². The quantitative estimate of drug-likeness (QED) is 0.845.